The Kier molecular flexibility index (Phi) is 13.1. The Morgan fingerprint density at radius 2 is 1.60 bits per heavy atom. The summed E-state index contributed by atoms with van der Waals surface area (Å²) in [6.07, 6.45) is 0.176. The summed E-state index contributed by atoms with van der Waals surface area (Å²) in [5.74, 6) is -4.35. The fourth-order valence-corrected chi connectivity index (χ4v) is 2.92. The molecule has 0 aromatic rings. The Morgan fingerprint density at radius 3 is 2.03 bits per heavy atom. The van der Waals surface area contributed by atoms with Crippen molar-refractivity contribution in [2.45, 2.75) is 50.0 Å². The predicted molar refractivity (Wildman–Crippen MR) is 114 cm³/mol. The number of carboxylic acid groups (broad SMARTS) is 1. The van der Waals surface area contributed by atoms with Gasteiger partial charge in [0.2, 0.25) is 23.6 Å². The van der Waals surface area contributed by atoms with E-state index in [4.69, 9.17) is 16.6 Å². The van der Waals surface area contributed by atoms with E-state index >= 15 is 0 Å². The van der Waals surface area contributed by atoms with Crippen molar-refractivity contribution in [2.24, 2.45) is 11.5 Å². The second kappa shape index (κ2) is 14.1. The summed E-state index contributed by atoms with van der Waals surface area (Å²) in [4.78, 5) is 59.1. The van der Waals surface area contributed by atoms with E-state index in [0.29, 0.717) is 5.75 Å². The van der Waals surface area contributed by atoms with Gasteiger partial charge in [-0.15, -0.1) is 0 Å². The minimum Gasteiger partial charge on any atom is -0.480 e. The van der Waals surface area contributed by atoms with Crippen molar-refractivity contribution in [1.29, 1.82) is 0 Å². The van der Waals surface area contributed by atoms with Crippen LogP contribution >= 0.6 is 24.4 Å². The number of primary amides is 1. The summed E-state index contributed by atoms with van der Waals surface area (Å²) in [7, 11) is 0. The minimum absolute atomic E-state index is 0.171. The van der Waals surface area contributed by atoms with Gasteiger partial charge in [0.1, 0.15) is 18.1 Å². The average Bonchev–Trinajstić information content (AvgIpc) is 2.65. The second-order valence-electron chi connectivity index (χ2n) is 6.43. The highest BCUT2D eigenvalue weighted by atomic mass is 32.2. The van der Waals surface area contributed by atoms with Crippen molar-refractivity contribution in [2.75, 3.05) is 17.8 Å². The number of hydrogen-bond donors (Lipinski definition) is 8. The van der Waals surface area contributed by atoms with Gasteiger partial charge in [0, 0.05) is 5.75 Å². The summed E-state index contributed by atoms with van der Waals surface area (Å²) in [5, 5.41) is 25.8. The van der Waals surface area contributed by atoms with E-state index in [1.54, 1.807) is 6.26 Å². The van der Waals surface area contributed by atoms with E-state index in [2.05, 4.69) is 28.6 Å². The third-order valence-electron chi connectivity index (χ3n) is 3.86. The molecule has 0 fully saturated rings. The molecule has 0 spiro atoms. The first kappa shape index (κ1) is 28.0. The highest BCUT2D eigenvalue weighted by molar-refractivity contribution is 7.98. The molecule has 0 saturated carbocycles. The first-order valence-electron chi connectivity index (χ1n) is 8.90. The van der Waals surface area contributed by atoms with Gasteiger partial charge in [-0.2, -0.15) is 24.4 Å². The molecule has 14 heteroatoms. The number of aliphatic carboxylic acids is 1. The summed E-state index contributed by atoms with van der Waals surface area (Å²) in [5.41, 5.74) is 10.6. The number of aliphatic hydroxyl groups excluding tert-OH is 1. The lowest BCUT2D eigenvalue weighted by Crippen LogP contribution is -2.60. The summed E-state index contributed by atoms with van der Waals surface area (Å²) < 4.78 is 0. The number of nitrogens with one attached hydrogen (secondary N) is 3. The van der Waals surface area contributed by atoms with Gasteiger partial charge in [-0.05, 0) is 25.4 Å². The Hall–Kier alpha value is -2.03. The predicted octanol–water partition coefficient (Wildman–Crippen LogP) is -3.21. The molecule has 0 bridgehead atoms. The Morgan fingerprint density at radius 1 is 1.03 bits per heavy atom. The third-order valence-corrected chi connectivity index (χ3v) is 4.87. The van der Waals surface area contributed by atoms with Crippen molar-refractivity contribution in [3.8, 4) is 0 Å². The number of aliphatic hydroxyl groups is 1. The minimum atomic E-state index is -1.48. The maximum Gasteiger partial charge on any atom is 0.327 e. The summed E-state index contributed by atoms with van der Waals surface area (Å²) in [6, 6.07) is -5.17. The zero-order valence-corrected chi connectivity index (χ0v) is 18.4. The van der Waals surface area contributed by atoms with Crippen molar-refractivity contribution >= 4 is 54.0 Å². The van der Waals surface area contributed by atoms with Crippen LogP contribution < -0.4 is 27.4 Å². The fraction of sp³-hybridized carbons (Fsp3) is 0.688. The Balaban J connectivity index is 5.30. The lowest BCUT2D eigenvalue weighted by molar-refractivity contribution is -0.142. The number of carbonyl (C=O) groups is 5. The lowest BCUT2D eigenvalue weighted by atomic mass is 10.1. The molecule has 5 atom stereocenters. The van der Waals surface area contributed by atoms with Crippen LogP contribution in [0.1, 0.15) is 19.8 Å². The van der Waals surface area contributed by atoms with Gasteiger partial charge in [-0.3, -0.25) is 19.2 Å². The maximum atomic E-state index is 12.6. The molecular formula is C16H29N5O7S2. The first-order chi connectivity index (χ1) is 13.9. The smallest absolute Gasteiger partial charge is 0.327 e. The van der Waals surface area contributed by atoms with Gasteiger partial charge in [0.25, 0.3) is 0 Å². The molecule has 9 N–H and O–H groups in total. The van der Waals surface area contributed by atoms with Gasteiger partial charge in [0.15, 0.2) is 0 Å². The molecule has 0 aliphatic rings. The number of hydrogen-bond acceptors (Lipinski definition) is 9. The van der Waals surface area contributed by atoms with Gasteiger partial charge in [0.05, 0.1) is 18.6 Å². The topological polar surface area (TPSA) is 214 Å². The Labute approximate surface area is 183 Å². The first-order valence-corrected chi connectivity index (χ1v) is 10.9. The van der Waals surface area contributed by atoms with Crippen LogP contribution in [0.25, 0.3) is 0 Å². The van der Waals surface area contributed by atoms with Gasteiger partial charge in [-0.25, -0.2) is 4.79 Å². The molecule has 0 heterocycles. The molecule has 172 valence electrons. The molecule has 0 aliphatic heterocycles. The SMILES string of the molecule is CSCCC(NC(=O)C(N)CC(N)=O)C(=O)NC(C(=O)NC(CS)C(=O)O)C(C)O. The zero-order chi connectivity index (χ0) is 23.4. The molecule has 0 rings (SSSR count). The number of nitrogens with two attached hydrogens (primary N) is 2. The van der Waals surface area contributed by atoms with Crippen LogP contribution in [0.15, 0.2) is 0 Å². The number of thiol groups is 1. The summed E-state index contributed by atoms with van der Waals surface area (Å²) >= 11 is 5.23. The van der Waals surface area contributed by atoms with E-state index < -0.39 is 66.3 Å². The van der Waals surface area contributed by atoms with E-state index in [9.17, 15) is 29.1 Å². The van der Waals surface area contributed by atoms with Crippen LogP contribution in [0, 0.1) is 0 Å². The molecule has 12 nitrogen and oxygen atoms in total. The van der Waals surface area contributed by atoms with Crippen LogP contribution in [-0.4, -0.2) is 87.8 Å². The second-order valence-corrected chi connectivity index (χ2v) is 7.78. The van der Waals surface area contributed by atoms with Crippen LogP contribution in [0.2, 0.25) is 0 Å². The quantitative estimate of drug-likeness (QED) is 0.120. The standard InChI is InChI=1S/C16H29N5O7S2/c1-7(22)12(15(26)20-10(6-29)16(27)28)21-14(25)9(3-4-30-2)19-13(24)8(17)5-11(18)23/h7-10,12,22,29H,3-6,17H2,1-2H3,(H2,18,23)(H,19,24)(H,20,26)(H,21,25)(H,27,28). The normalized spacial score (nSPS) is 15.8. The van der Waals surface area contributed by atoms with E-state index in [0.717, 1.165) is 0 Å². The monoisotopic (exact) mass is 467 g/mol. The molecule has 0 saturated heterocycles. The number of thioether (sulfide) groups is 1. The zero-order valence-electron chi connectivity index (χ0n) is 16.7. The highest BCUT2D eigenvalue weighted by Gasteiger charge is 2.32. The highest BCUT2D eigenvalue weighted by Crippen LogP contribution is 2.04. The van der Waals surface area contributed by atoms with Gasteiger partial charge >= 0.3 is 5.97 Å². The van der Waals surface area contributed by atoms with Crippen LogP contribution in [-0.2, 0) is 24.0 Å². The molecule has 30 heavy (non-hydrogen) atoms. The van der Waals surface area contributed by atoms with Crippen LogP contribution in [0.4, 0.5) is 0 Å². The fourth-order valence-electron chi connectivity index (χ4n) is 2.20. The average molecular weight is 468 g/mol. The molecule has 4 amide bonds. The number of carboxylic acids is 1. The number of amides is 4. The largest absolute Gasteiger partial charge is 0.480 e. The van der Waals surface area contributed by atoms with Crippen LogP contribution in [0.5, 0.6) is 0 Å². The van der Waals surface area contributed by atoms with Crippen molar-refractivity contribution < 1.29 is 34.2 Å². The van der Waals surface area contributed by atoms with Crippen molar-refractivity contribution in [3.05, 3.63) is 0 Å². The number of carbonyl (C=O) groups excluding carboxylic acids is 4. The van der Waals surface area contributed by atoms with Crippen molar-refractivity contribution in [1.82, 2.24) is 16.0 Å². The molecule has 5 unspecified atom stereocenters. The Bertz CT molecular complexity index is 635. The van der Waals surface area contributed by atoms with E-state index in [1.807, 2.05) is 0 Å². The van der Waals surface area contributed by atoms with E-state index in [-0.39, 0.29) is 12.2 Å². The van der Waals surface area contributed by atoms with Crippen molar-refractivity contribution in [3.63, 3.8) is 0 Å². The molecule has 0 radical (unpaired) electrons. The maximum absolute atomic E-state index is 12.6. The molecule has 0 aliphatic carbocycles. The molecular weight excluding hydrogens is 438 g/mol. The van der Waals surface area contributed by atoms with Crippen LogP contribution in [0.3, 0.4) is 0 Å². The van der Waals surface area contributed by atoms with E-state index in [1.165, 1.54) is 18.7 Å². The number of rotatable bonds is 14. The summed E-state index contributed by atoms with van der Waals surface area (Å²) in [6.45, 7) is 1.24. The van der Waals surface area contributed by atoms with Gasteiger partial charge < -0.3 is 37.6 Å². The molecule has 0 aromatic heterocycles. The molecule has 0 aromatic carbocycles. The third kappa shape index (κ3) is 10.1. The lowest BCUT2D eigenvalue weighted by Gasteiger charge is -2.26. The van der Waals surface area contributed by atoms with Gasteiger partial charge in [-0.1, -0.05) is 0 Å².